The molecule has 1 N–H and O–H groups in total. The number of nitrogens with zero attached hydrogens (tertiary/aromatic N) is 1. The highest BCUT2D eigenvalue weighted by Gasteiger charge is 2.08. The van der Waals surface area contributed by atoms with Crippen LogP contribution < -0.4 is 5.32 Å². The van der Waals surface area contributed by atoms with Crippen molar-refractivity contribution in [1.82, 2.24) is 5.32 Å². The molecule has 0 bridgehead atoms. The van der Waals surface area contributed by atoms with Crippen molar-refractivity contribution in [1.29, 1.82) is 0 Å². The molecule has 0 unspecified atom stereocenters. The Bertz CT molecular complexity index is 689. The number of nitrogens with one attached hydrogen (secondary N) is 1. The maximum atomic E-state index is 12.0. The van der Waals surface area contributed by atoms with E-state index < -0.39 is 4.92 Å². The monoisotopic (exact) mass is 368 g/mol. The molecule has 2 rings (SSSR count). The normalized spacial score (nSPS) is 10.2. The SMILES string of the molecule is O=C(NCc1ccc([N+](=O)[O-])cc1)c1ccc(Br)c(Cl)c1. The second kappa shape index (κ2) is 6.69. The first-order valence-corrected chi connectivity index (χ1v) is 7.11. The lowest BCUT2D eigenvalue weighted by Crippen LogP contribution is -2.22. The first-order valence-electron chi connectivity index (χ1n) is 5.94. The molecule has 0 aliphatic carbocycles. The number of benzene rings is 2. The molecule has 0 aliphatic rings. The van der Waals surface area contributed by atoms with Gasteiger partial charge in [-0.15, -0.1) is 0 Å². The number of non-ortho nitro benzene ring substituents is 1. The second-order valence-electron chi connectivity index (χ2n) is 4.24. The third kappa shape index (κ3) is 4.03. The van der Waals surface area contributed by atoms with Gasteiger partial charge in [0.15, 0.2) is 0 Å². The summed E-state index contributed by atoms with van der Waals surface area (Å²) in [6.45, 7) is 0.282. The highest BCUT2D eigenvalue weighted by molar-refractivity contribution is 9.10. The molecule has 0 aromatic heterocycles. The van der Waals surface area contributed by atoms with Crippen molar-refractivity contribution in [2.24, 2.45) is 0 Å². The molecule has 0 radical (unpaired) electrons. The lowest BCUT2D eigenvalue weighted by Gasteiger charge is -2.06. The van der Waals surface area contributed by atoms with Crippen LogP contribution in [0.15, 0.2) is 46.9 Å². The number of amides is 1. The van der Waals surface area contributed by atoms with Crippen LogP contribution in [0.5, 0.6) is 0 Å². The van der Waals surface area contributed by atoms with Crippen molar-refractivity contribution < 1.29 is 9.72 Å². The summed E-state index contributed by atoms with van der Waals surface area (Å²) in [5.41, 5.74) is 1.24. The summed E-state index contributed by atoms with van der Waals surface area (Å²) < 4.78 is 0.719. The minimum atomic E-state index is -0.466. The van der Waals surface area contributed by atoms with Gasteiger partial charge in [-0.05, 0) is 39.7 Å². The number of nitro groups is 1. The van der Waals surface area contributed by atoms with Crippen LogP contribution in [0.25, 0.3) is 0 Å². The molecule has 0 saturated carbocycles. The molecule has 0 spiro atoms. The van der Waals surface area contributed by atoms with Gasteiger partial charge in [0.1, 0.15) is 0 Å². The van der Waals surface area contributed by atoms with Gasteiger partial charge >= 0.3 is 0 Å². The third-order valence-corrected chi connectivity index (χ3v) is 4.01. The Labute approximate surface area is 134 Å². The van der Waals surface area contributed by atoms with Gasteiger partial charge in [-0.25, -0.2) is 0 Å². The van der Waals surface area contributed by atoms with Gasteiger partial charge in [0.25, 0.3) is 11.6 Å². The van der Waals surface area contributed by atoms with E-state index in [0.29, 0.717) is 10.6 Å². The molecule has 7 heteroatoms. The van der Waals surface area contributed by atoms with Gasteiger partial charge in [-0.1, -0.05) is 23.7 Å². The number of hydrogen-bond donors (Lipinski definition) is 1. The standard InChI is InChI=1S/C14H10BrClN2O3/c15-12-6-3-10(7-13(12)16)14(19)17-8-9-1-4-11(5-2-9)18(20)21/h1-7H,8H2,(H,17,19). The number of rotatable bonds is 4. The van der Waals surface area contributed by atoms with Crippen molar-refractivity contribution in [3.63, 3.8) is 0 Å². The molecule has 108 valence electrons. The Kier molecular flexibility index (Phi) is 4.93. The van der Waals surface area contributed by atoms with Crippen LogP contribution in [-0.2, 0) is 6.54 Å². The molecule has 0 aliphatic heterocycles. The smallest absolute Gasteiger partial charge is 0.269 e. The molecule has 2 aromatic carbocycles. The quantitative estimate of drug-likeness (QED) is 0.655. The van der Waals surface area contributed by atoms with E-state index in [-0.39, 0.29) is 18.1 Å². The molecule has 1 amide bonds. The minimum absolute atomic E-state index is 0.0183. The van der Waals surface area contributed by atoms with Crippen molar-refractivity contribution in [3.05, 3.63) is 73.2 Å². The maximum absolute atomic E-state index is 12.0. The van der Waals surface area contributed by atoms with E-state index in [0.717, 1.165) is 10.0 Å². The Hall–Kier alpha value is -1.92. The molecular weight excluding hydrogens is 360 g/mol. The van der Waals surface area contributed by atoms with Gasteiger partial charge < -0.3 is 5.32 Å². The first-order chi connectivity index (χ1) is 9.97. The fourth-order valence-corrected chi connectivity index (χ4v) is 2.08. The summed E-state index contributed by atoms with van der Waals surface area (Å²) in [5.74, 6) is -0.261. The van der Waals surface area contributed by atoms with E-state index in [9.17, 15) is 14.9 Å². The van der Waals surface area contributed by atoms with Crippen LogP contribution >= 0.6 is 27.5 Å². The third-order valence-electron chi connectivity index (χ3n) is 2.78. The van der Waals surface area contributed by atoms with E-state index in [1.165, 1.54) is 12.1 Å². The van der Waals surface area contributed by atoms with E-state index in [1.807, 2.05) is 0 Å². The summed E-state index contributed by atoms with van der Waals surface area (Å²) in [6.07, 6.45) is 0. The number of carbonyl (C=O) groups excluding carboxylic acids is 1. The fourth-order valence-electron chi connectivity index (χ4n) is 1.66. The van der Waals surface area contributed by atoms with Crippen molar-refractivity contribution in [2.45, 2.75) is 6.54 Å². The lowest BCUT2D eigenvalue weighted by atomic mass is 10.2. The van der Waals surface area contributed by atoms with Gasteiger partial charge in [0.2, 0.25) is 0 Å². The van der Waals surface area contributed by atoms with Crippen LogP contribution in [0.4, 0.5) is 5.69 Å². The highest BCUT2D eigenvalue weighted by Crippen LogP contribution is 2.23. The fraction of sp³-hybridized carbons (Fsp3) is 0.0714. The zero-order valence-electron chi connectivity index (χ0n) is 10.7. The average molecular weight is 370 g/mol. The Morgan fingerprint density at radius 1 is 1.24 bits per heavy atom. The van der Waals surface area contributed by atoms with Crippen molar-refractivity contribution >= 4 is 39.1 Å². The second-order valence-corrected chi connectivity index (χ2v) is 5.50. The summed E-state index contributed by atoms with van der Waals surface area (Å²) in [7, 11) is 0. The van der Waals surface area contributed by atoms with Gasteiger partial charge in [0, 0.05) is 28.7 Å². The van der Waals surface area contributed by atoms with Gasteiger partial charge in [-0.3, -0.25) is 14.9 Å². The summed E-state index contributed by atoms with van der Waals surface area (Å²) >= 11 is 9.19. The van der Waals surface area contributed by atoms with Crippen LogP contribution in [0.3, 0.4) is 0 Å². The van der Waals surface area contributed by atoms with Gasteiger partial charge in [-0.2, -0.15) is 0 Å². The van der Waals surface area contributed by atoms with Gasteiger partial charge in [0.05, 0.1) is 9.95 Å². The Morgan fingerprint density at radius 3 is 2.48 bits per heavy atom. The zero-order chi connectivity index (χ0) is 15.4. The number of carbonyl (C=O) groups is 1. The van der Waals surface area contributed by atoms with Crippen molar-refractivity contribution in [2.75, 3.05) is 0 Å². The van der Waals surface area contributed by atoms with Crippen LogP contribution in [0, 0.1) is 10.1 Å². The molecular formula is C14H10BrClN2O3. The van der Waals surface area contributed by atoms with Crippen LogP contribution in [0.1, 0.15) is 15.9 Å². The van der Waals surface area contributed by atoms with E-state index in [1.54, 1.807) is 30.3 Å². The Balaban J connectivity index is 2.00. The molecule has 5 nitrogen and oxygen atoms in total. The summed E-state index contributed by atoms with van der Waals surface area (Å²) in [6, 6.07) is 10.9. The van der Waals surface area contributed by atoms with Crippen LogP contribution in [0.2, 0.25) is 5.02 Å². The average Bonchev–Trinajstić information content (AvgIpc) is 2.48. The van der Waals surface area contributed by atoms with Crippen molar-refractivity contribution in [3.8, 4) is 0 Å². The predicted octanol–water partition coefficient (Wildman–Crippen LogP) is 3.94. The Morgan fingerprint density at radius 2 is 1.90 bits per heavy atom. The number of hydrogen-bond acceptors (Lipinski definition) is 3. The molecule has 0 fully saturated rings. The number of halogens is 2. The lowest BCUT2D eigenvalue weighted by molar-refractivity contribution is -0.384. The molecule has 0 heterocycles. The van der Waals surface area contributed by atoms with E-state index in [4.69, 9.17) is 11.6 Å². The highest BCUT2D eigenvalue weighted by atomic mass is 79.9. The topological polar surface area (TPSA) is 72.2 Å². The summed E-state index contributed by atoms with van der Waals surface area (Å²) in [4.78, 5) is 22.0. The van der Waals surface area contributed by atoms with E-state index in [2.05, 4.69) is 21.2 Å². The first kappa shape index (κ1) is 15.5. The zero-order valence-corrected chi connectivity index (χ0v) is 13.0. The molecule has 21 heavy (non-hydrogen) atoms. The molecule has 0 atom stereocenters. The van der Waals surface area contributed by atoms with Crippen LogP contribution in [-0.4, -0.2) is 10.8 Å². The van der Waals surface area contributed by atoms with E-state index >= 15 is 0 Å². The number of nitro benzene ring substituents is 1. The maximum Gasteiger partial charge on any atom is 0.269 e. The molecule has 2 aromatic rings. The largest absolute Gasteiger partial charge is 0.348 e. The molecule has 0 saturated heterocycles. The predicted molar refractivity (Wildman–Crippen MR) is 83.4 cm³/mol. The minimum Gasteiger partial charge on any atom is -0.348 e. The summed E-state index contributed by atoms with van der Waals surface area (Å²) in [5, 5.41) is 13.7.